The van der Waals surface area contributed by atoms with Gasteiger partial charge in [-0.3, -0.25) is 9.59 Å². The Balaban J connectivity index is 1.72. The lowest BCUT2D eigenvalue weighted by Crippen LogP contribution is -2.43. The molecule has 1 aliphatic heterocycles. The second kappa shape index (κ2) is 9.51. The van der Waals surface area contributed by atoms with Gasteiger partial charge in [0.2, 0.25) is 11.8 Å². The number of carbonyl (C=O) groups excluding carboxylic acids is 2. The molecule has 0 aliphatic carbocycles. The van der Waals surface area contributed by atoms with Gasteiger partial charge < -0.3 is 15.1 Å². The second-order valence-corrected chi connectivity index (χ2v) is 6.87. The van der Waals surface area contributed by atoms with Crippen LogP contribution in [0.25, 0.3) is 0 Å². The molecule has 0 aromatic heterocycles. The van der Waals surface area contributed by atoms with Crippen LogP contribution in [0.2, 0.25) is 0 Å². The van der Waals surface area contributed by atoms with Gasteiger partial charge in [-0.1, -0.05) is 18.2 Å². The first-order valence-corrected chi connectivity index (χ1v) is 8.91. The molecule has 1 heterocycles. The topological polar surface area (TPSA) is 52.7 Å². The smallest absolute Gasteiger partial charge is 0.227 e. The minimum Gasteiger partial charge on any atom is -0.356 e. The number of hydrogen-bond donors (Lipinski definition) is 1. The number of benzene rings is 1. The zero-order chi connectivity index (χ0) is 18.2. The highest BCUT2D eigenvalue weighted by molar-refractivity contribution is 5.81. The van der Waals surface area contributed by atoms with E-state index in [4.69, 9.17) is 0 Å². The van der Waals surface area contributed by atoms with Crippen LogP contribution in [0, 0.1) is 11.7 Å². The fourth-order valence-electron chi connectivity index (χ4n) is 3.06. The normalized spacial score (nSPS) is 15.4. The lowest BCUT2D eigenvalue weighted by molar-refractivity contribution is -0.135. The Morgan fingerprint density at radius 2 is 1.92 bits per heavy atom. The highest BCUT2D eigenvalue weighted by atomic mass is 19.1. The summed E-state index contributed by atoms with van der Waals surface area (Å²) in [6, 6.07) is 6.36. The number of nitrogens with zero attached hydrogens (tertiary/aromatic N) is 2. The van der Waals surface area contributed by atoms with Gasteiger partial charge in [0, 0.05) is 25.6 Å². The van der Waals surface area contributed by atoms with Gasteiger partial charge in [0.15, 0.2) is 0 Å². The maximum atomic E-state index is 13.7. The average molecular weight is 349 g/mol. The molecule has 0 spiro atoms. The van der Waals surface area contributed by atoms with Crippen molar-refractivity contribution < 1.29 is 14.0 Å². The van der Waals surface area contributed by atoms with Crippen LogP contribution in [-0.4, -0.2) is 61.9 Å². The van der Waals surface area contributed by atoms with Crippen LogP contribution >= 0.6 is 0 Å². The molecule has 1 aromatic rings. The first-order chi connectivity index (χ1) is 12.0. The van der Waals surface area contributed by atoms with Crippen molar-refractivity contribution in [2.45, 2.75) is 25.7 Å². The highest BCUT2D eigenvalue weighted by Crippen LogP contribution is 2.19. The molecule has 138 valence electrons. The number of amides is 2. The standard InChI is InChI=1S/C19H28FN3O2/c1-22(2)11-5-10-21-19(25)15-8-12-23(13-9-15)18(24)14-16-6-3-4-7-17(16)20/h3-4,6-7,15H,5,8-14H2,1-2H3,(H,21,25). The summed E-state index contributed by atoms with van der Waals surface area (Å²) in [7, 11) is 4.02. The molecule has 6 heteroatoms. The van der Waals surface area contributed by atoms with E-state index in [1.165, 1.54) is 6.07 Å². The Kier molecular flexibility index (Phi) is 7.37. The van der Waals surface area contributed by atoms with Crippen LogP contribution in [0.15, 0.2) is 24.3 Å². The SMILES string of the molecule is CN(C)CCCNC(=O)C1CCN(C(=O)Cc2ccccc2F)CC1. The summed E-state index contributed by atoms with van der Waals surface area (Å²) in [5.74, 6) is -0.366. The number of rotatable bonds is 7. The average Bonchev–Trinajstić information content (AvgIpc) is 2.60. The number of carbonyl (C=O) groups is 2. The number of likely N-dealkylation sites (tertiary alicyclic amines) is 1. The first kappa shape index (κ1) is 19.4. The van der Waals surface area contributed by atoms with Crippen LogP contribution in [-0.2, 0) is 16.0 Å². The van der Waals surface area contributed by atoms with Crippen molar-refractivity contribution in [1.82, 2.24) is 15.1 Å². The van der Waals surface area contributed by atoms with Crippen LogP contribution in [0.3, 0.4) is 0 Å². The van der Waals surface area contributed by atoms with Crippen molar-refractivity contribution in [3.63, 3.8) is 0 Å². The van der Waals surface area contributed by atoms with Crippen LogP contribution in [0.1, 0.15) is 24.8 Å². The van der Waals surface area contributed by atoms with Crippen molar-refractivity contribution in [2.24, 2.45) is 5.92 Å². The van der Waals surface area contributed by atoms with E-state index in [0.717, 1.165) is 13.0 Å². The van der Waals surface area contributed by atoms with Gasteiger partial charge in [-0.15, -0.1) is 0 Å². The minimum atomic E-state index is -0.345. The number of nitrogens with one attached hydrogen (secondary N) is 1. The monoisotopic (exact) mass is 349 g/mol. The molecule has 0 saturated carbocycles. The van der Waals surface area contributed by atoms with Crippen molar-refractivity contribution in [2.75, 3.05) is 40.3 Å². The Hall–Kier alpha value is -1.95. The largest absolute Gasteiger partial charge is 0.356 e. The van der Waals surface area contributed by atoms with Crippen molar-refractivity contribution in [3.05, 3.63) is 35.6 Å². The zero-order valence-electron chi connectivity index (χ0n) is 15.1. The van der Waals surface area contributed by atoms with Gasteiger partial charge in [0.1, 0.15) is 5.82 Å². The number of piperidine rings is 1. The van der Waals surface area contributed by atoms with E-state index in [1.807, 2.05) is 14.1 Å². The number of hydrogen-bond acceptors (Lipinski definition) is 3. The molecule has 0 atom stereocenters. The molecule has 0 radical (unpaired) electrons. The molecule has 0 unspecified atom stereocenters. The van der Waals surface area contributed by atoms with Crippen molar-refractivity contribution >= 4 is 11.8 Å². The summed E-state index contributed by atoms with van der Waals surface area (Å²) in [6.45, 7) is 2.75. The van der Waals surface area contributed by atoms with Gasteiger partial charge in [-0.05, 0) is 51.5 Å². The van der Waals surface area contributed by atoms with E-state index in [2.05, 4.69) is 10.2 Å². The predicted molar refractivity (Wildman–Crippen MR) is 95.6 cm³/mol. The molecule has 0 bridgehead atoms. The summed E-state index contributed by atoms with van der Waals surface area (Å²) >= 11 is 0. The molecule has 1 saturated heterocycles. The molecule has 1 fully saturated rings. The predicted octanol–water partition coefficient (Wildman–Crippen LogP) is 1.67. The minimum absolute atomic E-state index is 0.0307. The summed E-state index contributed by atoms with van der Waals surface area (Å²) in [6.07, 6.45) is 2.35. The molecular formula is C19H28FN3O2. The Morgan fingerprint density at radius 3 is 2.56 bits per heavy atom. The summed E-state index contributed by atoms with van der Waals surface area (Å²) in [4.78, 5) is 28.3. The van der Waals surface area contributed by atoms with Gasteiger partial charge in [-0.2, -0.15) is 0 Å². The quantitative estimate of drug-likeness (QED) is 0.762. The lowest BCUT2D eigenvalue weighted by atomic mass is 9.95. The zero-order valence-corrected chi connectivity index (χ0v) is 15.1. The van der Waals surface area contributed by atoms with Gasteiger partial charge in [0.05, 0.1) is 6.42 Å². The third-order valence-electron chi connectivity index (χ3n) is 4.60. The Bertz CT molecular complexity index is 584. The van der Waals surface area contributed by atoms with Gasteiger partial charge in [0.25, 0.3) is 0 Å². The van der Waals surface area contributed by atoms with Gasteiger partial charge >= 0.3 is 0 Å². The molecule has 1 N–H and O–H groups in total. The number of halogens is 1. The fraction of sp³-hybridized carbons (Fsp3) is 0.579. The second-order valence-electron chi connectivity index (χ2n) is 6.87. The van der Waals surface area contributed by atoms with Gasteiger partial charge in [-0.25, -0.2) is 4.39 Å². The molecular weight excluding hydrogens is 321 g/mol. The maximum Gasteiger partial charge on any atom is 0.227 e. The molecule has 5 nitrogen and oxygen atoms in total. The van der Waals surface area contributed by atoms with E-state index < -0.39 is 0 Å². The molecule has 25 heavy (non-hydrogen) atoms. The Labute approximate surface area is 149 Å². The Morgan fingerprint density at radius 1 is 1.24 bits per heavy atom. The molecule has 2 rings (SSSR count). The van der Waals surface area contributed by atoms with Crippen LogP contribution < -0.4 is 5.32 Å². The first-order valence-electron chi connectivity index (χ1n) is 8.91. The van der Waals surface area contributed by atoms with E-state index in [9.17, 15) is 14.0 Å². The van der Waals surface area contributed by atoms with E-state index in [1.54, 1.807) is 23.1 Å². The summed E-state index contributed by atoms with van der Waals surface area (Å²) in [5, 5.41) is 2.98. The van der Waals surface area contributed by atoms with Crippen LogP contribution in [0.5, 0.6) is 0 Å². The molecule has 2 amide bonds. The summed E-state index contributed by atoms with van der Waals surface area (Å²) < 4.78 is 13.7. The van der Waals surface area contributed by atoms with Crippen LogP contribution in [0.4, 0.5) is 4.39 Å². The van der Waals surface area contributed by atoms with Crippen molar-refractivity contribution in [3.8, 4) is 0 Å². The van der Waals surface area contributed by atoms with E-state index in [0.29, 0.717) is 38.0 Å². The molecule has 1 aromatic carbocycles. The third-order valence-corrected chi connectivity index (χ3v) is 4.60. The van der Waals surface area contributed by atoms with E-state index >= 15 is 0 Å². The lowest BCUT2D eigenvalue weighted by Gasteiger charge is -2.31. The van der Waals surface area contributed by atoms with E-state index in [-0.39, 0.29) is 30.0 Å². The third kappa shape index (κ3) is 6.12. The molecule has 1 aliphatic rings. The maximum absolute atomic E-state index is 13.7. The highest BCUT2D eigenvalue weighted by Gasteiger charge is 2.27. The fourth-order valence-corrected chi connectivity index (χ4v) is 3.06. The van der Waals surface area contributed by atoms with Crippen molar-refractivity contribution in [1.29, 1.82) is 0 Å². The summed E-state index contributed by atoms with van der Waals surface area (Å²) in [5.41, 5.74) is 0.424.